The third kappa shape index (κ3) is 6.69. The third-order valence-electron chi connectivity index (χ3n) is 8.15. The van der Waals surface area contributed by atoms with E-state index in [-0.39, 0.29) is 36.2 Å². The second kappa shape index (κ2) is 11.5. The lowest BCUT2D eigenvalue weighted by Gasteiger charge is -2.36. The van der Waals surface area contributed by atoms with Crippen LogP contribution in [0.15, 0.2) is 36.7 Å². The molecule has 3 heterocycles. The molecule has 0 radical (unpaired) electrons. The molecule has 0 spiro atoms. The molecule has 9 nitrogen and oxygen atoms in total. The van der Waals surface area contributed by atoms with Crippen LogP contribution in [0.5, 0.6) is 5.88 Å². The summed E-state index contributed by atoms with van der Waals surface area (Å²) in [6, 6.07) is 10.8. The molecule has 3 atom stereocenters. The first-order valence-electron chi connectivity index (χ1n) is 14.2. The molecule has 39 heavy (non-hydrogen) atoms. The molecule has 210 valence electrons. The Bertz CT molecular complexity index is 1170. The van der Waals surface area contributed by atoms with E-state index in [2.05, 4.69) is 44.5 Å². The molecule has 1 saturated heterocycles. The van der Waals surface area contributed by atoms with Crippen molar-refractivity contribution < 1.29 is 19.1 Å². The van der Waals surface area contributed by atoms with Crippen molar-refractivity contribution >= 4 is 17.7 Å². The van der Waals surface area contributed by atoms with Crippen molar-refractivity contribution in [2.45, 2.75) is 90.6 Å². The van der Waals surface area contributed by atoms with E-state index in [4.69, 9.17) is 9.47 Å². The maximum Gasteiger partial charge on any atom is 0.311 e. The van der Waals surface area contributed by atoms with Crippen LogP contribution < -0.4 is 10.1 Å². The van der Waals surface area contributed by atoms with E-state index < -0.39 is 5.41 Å². The first kappa shape index (κ1) is 27.4. The van der Waals surface area contributed by atoms with Crippen LogP contribution >= 0.6 is 0 Å². The summed E-state index contributed by atoms with van der Waals surface area (Å²) < 4.78 is 12.5. The number of aromatic nitrogens is 2. The predicted molar refractivity (Wildman–Crippen MR) is 148 cm³/mol. The maximum atomic E-state index is 12.9. The molecule has 1 aromatic heterocycles. The normalized spacial score (nSPS) is 24.2. The second-order valence-corrected chi connectivity index (χ2v) is 12.1. The van der Waals surface area contributed by atoms with Crippen molar-refractivity contribution in [1.29, 1.82) is 0 Å². The highest BCUT2D eigenvalue weighted by Gasteiger charge is 2.43. The van der Waals surface area contributed by atoms with E-state index >= 15 is 0 Å². The third-order valence-corrected chi connectivity index (χ3v) is 8.15. The lowest BCUT2D eigenvalue weighted by Crippen LogP contribution is -2.45. The first-order valence-corrected chi connectivity index (χ1v) is 14.2. The summed E-state index contributed by atoms with van der Waals surface area (Å²) >= 11 is 0. The van der Waals surface area contributed by atoms with Gasteiger partial charge in [-0.25, -0.2) is 9.97 Å². The Labute approximate surface area is 231 Å². The van der Waals surface area contributed by atoms with Gasteiger partial charge in [0.25, 0.3) is 0 Å². The molecule has 1 amide bonds. The molecule has 3 unspecified atom stereocenters. The van der Waals surface area contributed by atoms with Gasteiger partial charge in [0.15, 0.2) is 0 Å². The summed E-state index contributed by atoms with van der Waals surface area (Å²) in [7, 11) is 0. The molecule has 1 aliphatic carbocycles. The monoisotopic (exact) mass is 535 g/mol. The van der Waals surface area contributed by atoms with Crippen molar-refractivity contribution in [2.24, 2.45) is 5.41 Å². The molecule has 1 N–H and O–H groups in total. The minimum absolute atomic E-state index is 0.0838. The molecule has 1 saturated carbocycles. The number of carbonyl (C=O) groups is 2. The number of nitrogens with one attached hydrogen (secondary N) is 1. The first-order chi connectivity index (χ1) is 18.7. The Morgan fingerprint density at radius 3 is 2.49 bits per heavy atom. The van der Waals surface area contributed by atoms with Crippen molar-refractivity contribution in [3.05, 3.63) is 47.8 Å². The van der Waals surface area contributed by atoms with Crippen LogP contribution in [0.1, 0.15) is 64.5 Å². The second-order valence-electron chi connectivity index (χ2n) is 12.1. The fourth-order valence-corrected chi connectivity index (χ4v) is 5.86. The quantitative estimate of drug-likeness (QED) is 0.558. The highest BCUT2D eigenvalue weighted by atomic mass is 16.6. The van der Waals surface area contributed by atoms with E-state index in [1.165, 1.54) is 17.5 Å². The van der Waals surface area contributed by atoms with Crippen LogP contribution in [-0.4, -0.2) is 75.6 Å². The minimum atomic E-state index is -0.564. The van der Waals surface area contributed by atoms with E-state index in [1.807, 2.05) is 31.7 Å². The maximum absolute atomic E-state index is 12.9. The van der Waals surface area contributed by atoms with Gasteiger partial charge in [-0.05, 0) is 51.2 Å². The number of esters is 1. The Kier molecular flexibility index (Phi) is 8.07. The topological polar surface area (TPSA) is 96.9 Å². The predicted octanol–water partition coefficient (Wildman–Crippen LogP) is 3.83. The molecule has 3 aliphatic rings. The van der Waals surface area contributed by atoms with E-state index in [1.54, 1.807) is 6.92 Å². The van der Waals surface area contributed by atoms with Gasteiger partial charge in [0.2, 0.25) is 11.8 Å². The Morgan fingerprint density at radius 1 is 1.03 bits per heavy atom. The van der Waals surface area contributed by atoms with Gasteiger partial charge in [0.1, 0.15) is 24.4 Å². The smallest absolute Gasteiger partial charge is 0.311 e. The van der Waals surface area contributed by atoms with Crippen LogP contribution in [0.25, 0.3) is 0 Å². The minimum Gasteiger partial charge on any atom is -0.474 e. The summed E-state index contributed by atoms with van der Waals surface area (Å²) in [6.45, 7) is 10.6. The Hall–Kier alpha value is -3.20. The standard InChI is InChI=1S/C30H41N5O4/c1-20(36)34-13-10-23(11-14-34)33-27-17-28(32-19-31-27)38-24-15-25(26(16-24)39-29(37)30(2,3)4)35-12-9-21-7-5-6-8-22(21)18-35/h5-8,17,19,23-26H,9-16,18H2,1-4H3,(H,31,32,33). The highest BCUT2D eigenvalue weighted by molar-refractivity contribution is 5.75. The molecule has 2 aliphatic heterocycles. The fourth-order valence-electron chi connectivity index (χ4n) is 5.86. The molecule has 5 rings (SSSR count). The van der Waals surface area contributed by atoms with Gasteiger partial charge in [-0.1, -0.05) is 24.3 Å². The largest absolute Gasteiger partial charge is 0.474 e. The fraction of sp³-hybridized carbons (Fsp3) is 0.600. The molecule has 1 aromatic carbocycles. The number of hydrogen-bond donors (Lipinski definition) is 1. The number of rotatable bonds is 6. The number of amides is 1. The van der Waals surface area contributed by atoms with Gasteiger partial charge in [0, 0.05) is 58.1 Å². The SMILES string of the molecule is CC(=O)N1CCC(Nc2cc(OC3CC(OC(=O)C(C)(C)C)C(N4CCc5ccccc5C4)C3)ncn2)CC1. The zero-order valence-corrected chi connectivity index (χ0v) is 23.6. The number of fused-ring (bicyclic) bond motifs is 1. The summed E-state index contributed by atoms with van der Waals surface area (Å²) in [5.74, 6) is 1.18. The van der Waals surface area contributed by atoms with Gasteiger partial charge < -0.3 is 19.7 Å². The Balaban J connectivity index is 1.24. The van der Waals surface area contributed by atoms with E-state index in [9.17, 15) is 9.59 Å². The van der Waals surface area contributed by atoms with Crippen LogP contribution in [0.3, 0.4) is 0 Å². The average molecular weight is 536 g/mol. The van der Waals surface area contributed by atoms with E-state index in [0.29, 0.717) is 12.3 Å². The number of likely N-dealkylation sites (tertiary alicyclic amines) is 1. The van der Waals surface area contributed by atoms with Crippen LogP contribution in [-0.2, 0) is 27.3 Å². The summed E-state index contributed by atoms with van der Waals surface area (Å²) in [4.78, 5) is 37.6. The van der Waals surface area contributed by atoms with Gasteiger partial charge in [-0.3, -0.25) is 14.5 Å². The lowest BCUT2D eigenvalue weighted by molar-refractivity contribution is -0.161. The van der Waals surface area contributed by atoms with Crippen LogP contribution in [0.2, 0.25) is 0 Å². The number of benzene rings is 1. The molecular formula is C30H41N5O4. The average Bonchev–Trinajstić information content (AvgIpc) is 3.30. The van der Waals surface area contributed by atoms with E-state index in [0.717, 1.165) is 57.7 Å². The Morgan fingerprint density at radius 2 is 1.77 bits per heavy atom. The zero-order valence-electron chi connectivity index (χ0n) is 23.6. The summed E-state index contributed by atoms with van der Waals surface area (Å²) in [5, 5.41) is 3.48. The summed E-state index contributed by atoms with van der Waals surface area (Å²) in [6.07, 6.45) is 5.30. The lowest BCUT2D eigenvalue weighted by atomic mass is 9.96. The van der Waals surface area contributed by atoms with Crippen LogP contribution in [0, 0.1) is 5.41 Å². The number of nitrogens with zero attached hydrogens (tertiary/aromatic N) is 4. The van der Waals surface area contributed by atoms with Gasteiger partial charge in [-0.2, -0.15) is 0 Å². The molecule has 2 fully saturated rings. The zero-order chi connectivity index (χ0) is 27.6. The van der Waals surface area contributed by atoms with Crippen molar-refractivity contribution in [3.63, 3.8) is 0 Å². The van der Waals surface area contributed by atoms with Crippen molar-refractivity contribution in [1.82, 2.24) is 19.8 Å². The van der Waals surface area contributed by atoms with Gasteiger partial charge in [-0.15, -0.1) is 0 Å². The van der Waals surface area contributed by atoms with Crippen molar-refractivity contribution in [2.75, 3.05) is 25.0 Å². The number of hydrogen-bond acceptors (Lipinski definition) is 8. The molecular weight excluding hydrogens is 494 g/mol. The number of piperidine rings is 1. The summed E-state index contributed by atoms with van der Waals surface area (Å²) in [5.41, 5.74) is 2.18. The van der Waals surface area contributed by atoms with Crippen LogP contribution in [0.4, 0.5) is 5.82 Å². The number of carbonyl (C=O) groups excluding carboxylic acids is 2. The number of anilines is 1. The molecule has 2 aromatic rings. The molecule has 9 heteroatoms. The highest BCUT2D eigenvalue weighted by Crippen LogP contribution is 2.34. The van der Waals surface area contributed by atoms with Gasteiger partial charge >= 0.3 is 5.97 Å². The van der Waals surface area contributed by atoms with Crippen molar-refractivity contribution in [3.8, 4) is 5.88 Å². The molecule has 0 bridgehead atoms. The number of ether oxygens (including phenoxy) is 2. The van der Waals surface area contributed by atoms with Gasteiger partial charge in [0.05, 0.1) is 11.5 Å².